The topological polar surface area (TPSA) is 64.6 Å². The van der Waals surface area contributed by atoms with Gasteiger partial charge in [-0.05, 0) is 43.2 Å². The SMILES string of the molecule is CCOC(=O)c1c(-c2ccc(F)cc2)csc1NC(=O)COc1ccccc1C. The Balaban J connectivity index is 1.81. The summed E-state index contributed by atoms with van der Waals surface area (Å²) < 4.78 is 24.0. The van der Waals surface area contributed by atoms with Gasteiger partial charge in [-0.2, -0.15) is 0 Å². The maximum Gasteiger partial charge on any atom is 0.341 e. The van der Waals surface area contributed by atoms with Gasteiger partial charge in [-0.3, -0.25) is 4.79 Å². The number of hydrogen-bond acceptors (Lipinski definition) is 5. The minimum Gasteiger partial charge on any atom is -0.483 e. The van der Waals surface area contributed by atoms with Crippen molar-refractivity contribution in [3.05, 3.63) is 70.9 Å². The highest BCUT2D eigenvalue weighted by Gasteiger charge is 2.23. The lowest BCUT2D eigenvalue weighted by Crippen LogP contribution is -2.21. The molecule has 0 unspecified atom stereocenters. The van der Waals surface area contributed by atoms with Gasteiger partial charge in [-0.15, -0.1) is 11.3 Å². The minimum absolute atomic E-state index is 0.196. The van der Waals surface area contributed by atoms with Crippen molar-refractivity contribution in [2.24, 2.45) is 0 Å². The van der Waals surface area contributed by atoms with E-state index in [1.807, 2.05) is 25.1 Å². The number of ether oxygens (including phenoxy) is 2. The molecule has 1 aromatic heterocycles. The Kier molecular flexibility index (Phi) is 6.61. The van der Waals surface area contributed by atoms with Crippen molar-refractivity contribution in [1.29, 1.82) is 0 Å². The Bertz CT molecular complexity index is 1010. The maximum absolute atomic E-state index is 13.3. The summed E-state index contributed by atoms with van der Waals surface area (Å²) >= 11 is 1.20. The first-order valence-corrected chi connectivity index (χ1v) is 9.90. The van der Waals surface area contributed by atoms with Gasteiger partial charge in [0.15, 0.2) is 6.61 Å². The normalized spacial score (nSPS) is 10.4. The summed E-state index contributed by atoms with van der Waals surface area (Å²) in [4.78, 5) is 24.9. The molecule has 0 aliphatic rings. The van der Waals surface area contributed by atoms with Crippen molar-refractivity contribution in [1.82, 2.24) is 0 Å². The summed E-state index contributed by atoms with van der Waals surface area (Å²) in [6.07, 6.45) is 0. The predicted octanol–water partition coefficient (Wildman–Crippen LogP) is 5.06. The smallest absolute Gasteiger partial charge is 0.341 e. The van der Waals surface area contributed by atoms with Crippen LogP contribution >= 0.6 is 11.3 Å². The zero-order chi connectivity index (χ0) is 20.8. The summed E-state index contributed by atoms with van der Waals surface area (Å²) in [5.41, 5.74) is 2.39. The van der Waals surface area contributed by atoms with E-state index in [4.69, 9.17) is 9.47 Å². The molecule has 1 heterocycles. The molecule has 5 nitrogen and oxygen atoms in total. The molecule has 0 spiro atoms. The number of aryl methyl sites for hydroxylation is 1. The van der Waals surface area contributed by atoms with Gasteiger partial charge >= 0.3 is 5.97 Å². The molecular weight excluding hydrogens is 393 g/mol. The highest BCUT2D eigenvalue weighted by atomic mass is 32.1. The highest BCUT2D eigenvalue weighted by Crippen LogP contribution is 2.36. The number of rotatable bonds is 7. The van der Waals surface area contributed by atoms with Crippen molar-refractivity contribution in [3.63, 3.8) is 0 Å². The average Bonchev–Trinajstić information content (AvgIpc) is 3.11. The van der Waals surface area contributed by atoms with Crippen LogP contribution in [0.15, 0.2) is 53.9 Å². The molecule has 0 aliphatic heterocycles. The molecule has 0 radical (unpaired) electrons. The quantitative estimate of drug-likeness (QED) is 0.550. The lowest BCUT2D eigenvalue weighted by atomic mass is 10.0. The van der Waals surface area contributed by atoms with Crippen LogP contribution < -0.4 is 10.1 Å². The van der Waals surface area contributed by atoms with Crippen LogP contribution in [0.2, 0.25) is 0 Å². The summed E-state index contributed by atoms with van der Waals surface area (Å²) in [7, 11) is 0. The number of nitrogens with one attached hydrogen (secondary N) is 1. The number of amides is 1. The Labute approximate surface area is 172 Å². The second kappa shape index (κ2) is 9.34. The Morgan fingerprint density at radius 1 is 1.10 bits per heavy atom. The lowest BCUT2D eigenvalue weighted by Gasteiger charge is -2.10. The van der Waals surface area contributed by atoms with Gasteiger partial charge in [0.05, 0.1) is 6.61 Å². The first-order chi connectivity index (χ1) is 14.0. The highest BCUT2D eigenvalue weighted by molar-refractivity contribution is 7.15. The molecule has 150 valence electrons. The lowest BCUT2D eigenvalue weighted by molar-refractivity contribution is -0.118. The fraction of sp³-hybridized carbons (Fsp3) is 0.182. The van der Waals surface area contributed by atoms with Gasteiger partial charge < -0.3 is 14.8 Å². The summed E-state index contributed by atoms with van der Waals surface area (Å²) in [6, 6.07) is 13.2. The molecule has 0 aliphatic carbocycles. The van der Waals surface area contributed by atoms with Crippen molar-refractivity contribution in [2.45, 2.75) is 13.8 Å². The average molecular weight is 413 g/mol. The number of esters is 1. The number of hydrogen-bond donors (Lipinski definition) is 1. The number of benzene rings is 2. The molecule has 1 N–H and O–H groups in total. The standard InChI is InChI=1S/C22H20FNO4S/c1-3-27-22(26)20-17(15-8-10-16(23)11-9-15)13-29-21(20)24-19(25)12-28-18-7-5-4-6-14(18)2/h4-11,13H,3,12H2,1-2H3,(H,24,25). The summed E-state index contributed by atoms with van der Waals surface area (Å²) in [5.74, 6) is -0.704. The van der Waals surface area contributed by atoms with Crippen LogP contribution in [-0.2, 0) is 9.53 Å². The largest absolute Gasteiger partial charge is 0.483 e. The van der Waals surface area contributed by atoms with Gasteiger partial charge in [0.1, 0.15) is 22.1 Å². The van der Waals surface area contributed by atoms with Crippen molar-refractivity contribution in [2.75, 3.05) is 18.5 Å². The Morgan fingerprint density at radius 3 is 2.52 bits per heavy atom. The third-order valence-electron chi connectivity index (χ3n) is 4.13. The molecule has 3 rings (SSSR count). The molecule has 0 fully saturated rings. The number of halogens is 1. The molecular formula is C22H20FNO4S. The molecule has 0 saturated heterocycles. The number of para-hydroxylation sites is 1. The molecule has 2 aromatic carbocycles. The summed E-state index contributed by atoms with van der Waals surface area (Å²) in [5, 5.41) is 4.82. The summed E-state index contributed by atoms with van der Waals surface area (Å²) in [6.45, 7) is 3.59. The van der Waals surface area contributed by atoms with E-state index in [1.165, 1.54) is 23.5 Å². The van der Waals surface area contributed by atoms with Crippen LogP contribution in [0.25, 0.3) is 11.1 Å². The zero-order valence-corrected chi connectivity index (χ0v) is 16.8. The molecule has 0 bridgehead atoms. The molecule has 7 heteroatoms. The van der Waals surface area contributed by atoms with E-state index in [0.29, 0.717) is 21.9 Å². The monoisotopic (exact) mass is 413 g/mol. The fourth-order valence-corrected chi connectivity index (χ4v) is 3.70. The molecule has 1 amide bonds. The zero-order valence-electron chi connectivity index (χ0n) is 16.0. The third-order valence-corrected chi connectivity index (χ3v) is 5.03. The molecule has 0 saturated carbocycles. The van der Waals surface area contributed by atoms with Gasteiger partial charge in [0.2, 0.25) is 0 Å². The third kappa shape index (κ3) is 5.00. The van der Waals surface area contributed by atoms with Crippen molar-refractivity contribution in [3.8, 4) is 16.9 Å². The number of carbonyl (C=O) groups is 2. The van der Waals surface area contributed by atoms with Gasteiger partial charge in [0.25, 0.3) is 5.91 Å². The Morgan fingerprint density at radius 2 is 1.83 bits per heavy atom. The second-order valence-corrected chi connectivity index (χ2v) is 7.06. The van der Waals surface area contributed by atoms with E-state index in [9.17, 15) is 14.0 Å². The van der Waals surface area contributed by atoms with E-state index < -0.39 is 11.9 Å². The number of thiophene rings is 1. The fourth-order valence-electron chi connectivity index (χ4n) is 2.72. The molecule has 0 atom stereocenters. The first kappa shape index (κ1) is 20.5. The van der Waals surface area contributed by atoms with E-state index in [-0.39, 0.29) is 24.6 Å². The van der Waals surface area contributed by atoms with E-state index in [1.54, 1.807) is 30.5 Å². The van der Waals surface area contributed by atoms with Gasteiger partial charge in [-0.25, -0.2) is 9.18 Å². The van der Waals surface area contributed by atoms with Crippen LogP contribution in [-0.4, -0.2) is 25.1 Å². The van der Waals surface area contributed by atoms with E-state index >= 15 is 0 Å². The van der Waals surface area contributed by atoms with Crippen LogP contribution in [0, 0.1) is 12.7 Å². The van der Waals surface area contributed by atoms with Crippen molar-refractivity contribution >= 4 is 28.2 Å². The van der Waals surface area contributed by atoms with Gasteiger partial charge in [0, 0.05) is 10.9 Å². The van der Waals surface area contributed by atoms with E-state index in [0.717, 1.165) is 5.56 Å². The van der Waals surface area contributed by atoms with Gasteiger partial charge in [-0.1, -0.05) is 30.3 Å². The minimum atomic E-state index is -0.553. The van der Waals surface area contributed by atoms with Crippen molar-refractivity contribution < 1.29 is 23.5 Å². The van der Waals surface area contributed by atoms with E-state index in [2.05, 4.69) is 5.32 Å². The Hall–Kier alpha value is -3.19. The number of carbonyl (C=O) groups excluding carboxylic acids is 2. The van der Waals surface area contributed by atoms with Crippen LogP contribution in [0.4, 0.5) is 9.39 Å². The molecule has 3 aromatic rings. The van der Waals surface area contributed by atoms with Crippen LogP contribution in [0.1, 0.15) is 22.8 Å². The number of anilines is 1. The molecule has 29 heavy (non-hydrogen) atoms. The maximum atomic E-state index is 13.3. The van der Waals surface area contributed by atoms with Crippen LogP contribution in [0.5, 0.6) is 5.75 Å². The second-order valence-electron chi connectivity index (χ2n) is 6.18. The first-order valence-electron chi connectivity index (χ1n) is 9.02. The predicted molar refractivity (Wildman–Crippen MR) is 111 cm³/mol. The van der Waals surface area contributed by atoms with Crippen LogP contribution in [0.3, 0.4) is 0 Å².